The molecule has 3 aromatic carbocycles. The zero-order chi connectivity index (χ0) is 33.4. The van der Waals surface area contributed by atoms with Crippen molar-refractivity contribution >= 4 is 22.8 Å². The molecule has 1 aliphatic rings. The van der Waals surface area contributed by atoms with Crippen LogP contribution in [0, 0.1) is 11.6 Å². The van der Waals surface area contributed by atoms with E-state index in [9.17, 15) is 14.7 Å². The average Bonchev–Trinajstić information content (AvgIpc) is 3.86. The van der Waals surface area contributed by atoms with Gasteiger partial charge < -0.3 is 19.8 Å². The molecule has 4 heterocycles. The number of hydrogen-bond acceptors (Lipinski definition) is 6. The summed E-state index contributed by atoms with van der Waals surface area (Å²) in [7, 11) is 0. The van der Waals surface area contributed by atoms with Gasteiger partial charge in [0.1, 0.15) is 17.4 Å². The second-order valence-electron chi connectivity index (χ2n) is 12.3. The largest absolute Gasteiger partial charge is 0.481 e. The van der Waals surface area contributed by atoms with Crippen LogP contribution in [0.15, 0.2) is 73.2 Å². The lowest BCUT2D eigenvalue weighted by atomic mass is 9.75. The smallest absolute Gasteiger partial charge is 0.303 e. The molecule has 12 heteroatoms. The Morgan fingerprint density at radius 3 is 2.81 bits per heavy atom. The second kappa shape index (κ2) is 12.5. The number of hydrogen-bond donors (Lipinski definition) is 3. The van der Waals surface area contributed by atoms with Crippen LogP contribution in [0.4, 0.5) is 8.78 Å². The number of rotatable bonds is 4. The molecule has 0 fully saturated rings. The van der Waals surface area contributed by atoms with Crippen LogP contribution in [0.3, 0.4) is 0 Å². The molecule has 3 N–H and O–H groups in total. The number of fused-ring (bicyclic) bond motifs is 10. The highest BCUT2D eigenvalue weighted by Crippen LogP contribution is 2.40. The SMILES string of the molecule is CC1(c2cccc(CCC(=O)O)c2)CCCCCc2cn(nn2)C(=O)c2c(c(F)cc3[nH]ccc23)Oc2ccc(F)c(c2)-c2ncc1[nH]2. The number of aryl methyl sites for hydroxylation is 2. The highest BCUT2D eigenvalue weighted by molar-refractivity contribution is 6.09. The highest BCUT2D eigenvalue weighted by Gasteiger charge is 2.32. The van der Waals surface area contributed by atoms with Gasteiger partial charge in [-0.3, -0.25) is 9.59 Å². The molecule has 0 saturated carbocycles. The molecule has 1 aliphatic heterocycles. The Labute approximate surface area is 273 Å². The van der Waals surface area contributed by atoms with Gasteiger partial charge in [-0.1, -0.05) is 42.3 Å². The number of aliphatic carboxylic acids is 1. The third-order valence-corrected chi connectivity index (χ3v) is 9.11. The molecule has 7 rings (SSSR count). The van der Waals surface area contributed by atoms with Crippen LogP contribution in [0.1, 0.15) is 71.9 Å². The van der Waals surface area contributed by atoms with Crippen molar-refractivity contribution in [2.24, 2.45) is 0 Å². The minimum absolute atomic E-state index is 0.0206. The monoisotopic (exact) mass is 650 g/mol. The van der Waals surface area contributed by atoms with E-state index < -0.39 is 28.9 Å². The van der Waals surface area contributed by atoms with Gasteiger partial charge in [-0.15, -0.1) is 5.10 Å². The fourth-order valence-corrected chi connectivity index (χ4v) is 6.42. The van der Waals surface area contributed by atoms with Gasteiger partial charge in [0, 0.05) is 46.9 Å². The van der Waals surface area contributed by atoms with Crippen LogP contribution < -0.4 is 4.74 Å². The summed E-state index contributed by atoms with van der Waals surface area (Å²) in [6.07, 6.45) is 9.02. The number of nitrogens with zero attached hydrogens (tertiary/aromatic N) is 4. The lowest BCUT2D eigenvalue weighted by Gasteiger charge is -2.30. The molecular weight excluding hydrogens is 618 g/mol. The number of aromatic nitrogens is 6. The van der Waals surface area contributed by atoms with Crippen LogP contribution >= 0.6 is 0 Å². The van der Waals surface area contributed by atoms with Gasteiger partial charge >= 0.3 is 5.97 Å². The maximum absolute atomic E-state index is 15.6. The molecule has 6 aromatic rings. The number of ether oxygens (including phenoxy) is 1. The van der Waals surface area contributed by atoms with E-state index in [-0.39, 0.29) is 34.9 Å². The van der Waals surface area contributed by atoms with Crippen LogP contribution in [-0.2, 0) is 23.1 Å². The number of aromatic amines is 2. The molecule has 0 saturated heterocycles. The Kier molecular flexibility index (Phi) is 8.07. The molecule has 1 unspecified atom stereocenters. The molecule has 48 heavy (non-hydrogen) atoms. The van der Waals surface area contributed by atoms with E-state index in [1.54, 1.807) is 24.7 Å². The van der Waals surface area contributed by atoms with Crippen molar-refractivity contribution in [3.63, 3.8) is 0 Å². The van der Waals surface area contributed by atoms with Crippen molar-refractivity contribution in [3.8, 4) is 22.9 Å². The zero-order valence-electron chi connectivity index (χ0n) is 26.1. The Morgan fingerprint density at radius 2 is 1.96 bits per heavy atom. The number of carbonyl (C=O) groups is 2. The van der Waals surface area contributed by atoms with Crippen molar-refractivity contribution in [1.29, 1.82) is 0 Å². The summed E-state index contributed by atoms with van der Waals surface area (Å²) >= 11 is 0. The van der Waals surface area contributed by atoms with Gasteiger partial charge in [0.15, 0.2) is 11.6 Å². The summed E-state index contributed by atoms with van der Waals surface area (Å²) in [6, 6.07) is 14.8. The fraction of sp³-hybridized carbons (Fsp3) is 0.250. The number of halogens is 2. The molecule has 6 bridgehead atoms. The number of imidazole rings is 1. The maximum atomic E-state index is 15.6. The molecule has 3 aromatic heterocycles. The maximum Gasteiger partial charge on any atom is 0.303 e. The van der Waals surface area contributed by atoms with E-state index in [0.29, 0.717) is 29.4 Å². The van der Waals surface area contributed by atoms with E-state index in [1.165, 1.54) is 24.3 Å². The van der Waals surface area contributed by atoms with Gasteiger partial charge in [-0.2, -0.15) is 4.68 Å². The van der Waals surface area contributed by atoms with E-state index in [4.69, 9.17) is 4.74 Å². The van der Waals surface area contributed by atoms with Crippen molar-refractivity contribution in [1.82, 2.24) is 29.9 Å². The first kappa shape index (κ1) is 31.0. The topological polar surface area (TPSA) is 139 Å². The highest BCUT2D eigenvalue weighted by atomic mass is 19.1. The molecule has 244 valence electrons. The van der Waals surface area contributed by atoms with Crippen molar-refractivity contribution < 1.29 is 28.2 Å². The number of carbonyl (C=O) groups excluding carboxylic acids is 1. The van der Waals surface area contributed by atoms with Crippen LogP contribution in [0.2, 0.25) is 0 Å². The molecule has 1 atom stereocenters. The lowest BCUT2D eigenvalue weighted by molar-refractivity contribution is -0.136. The first-order chi connectivity index (χ1) is 23.2. The Morgan fingerprint density at radius 1 is 1.08 bits per heavy atom. The van der Waals surface area contributed by atoms with E-state index in [2.05, 4.69) is 32.2 Å². The van der Waals surface area contributed by atoms with Gasteiger partial charge in [0.25, 0.3) is 5.91 Å². The van der Waals surface area contributed by atoms with Gasteiger partial charge in [0.05, 0.1) is 23.0 Å². The minimum Gasteiger partial charge on any atom is -0.481 e. The lowest BCUT2D eigenvalue weighted by Crippen LogP contribution is -2.24. The number of nitrogens with one attached hydrogen (secondary N) is 2. The van der Waals surface area contributed by atoms with Crippen LogP contribution in [0.25, 0.3) is 22.3 Å². The third-order valence-electron chi connectivity index (χ3n) is 9.11. The first-order valence-electron chi connectivity index (χ1n) is 15.8. The molecule has 0 amide bonds. The molecule has 0 spiro atoms. The molecular formula is C36H32F2N6O4. The van der Waals surface area contributed by atoms with Crippen molar-refractivity contribution in [2.45, 2.75) is 57.3 Å². The number of carboxylic acids is 1. The average molecular weight is 651 g/mol. The summed E-state index contributed by atoms with van der Waals surface area (Å²) in [6.45, 7) is 2.09. The van der Waals surface area contributed by atoms with Crippen LogP contribution in [-0.4, -0.2) is 46.9 Å². The Hall–Kier alpha value is -5.65. The molecule has 0 radical (unpaired) electrons. The Balaban J connectivity index is 1.33. The quantitative estimate of drug-likeness (QED) is 0.181. The summed E-state index contributed by atoms with van der Waals surface area (Å²) < 4.78 is 38.2. The van der Waals surface area contributed by atoms with Crippen molar-refractivity contribution in [3.05, 3.63) is 113 Å². The van der Waals surface area contributed by atoms with E-state index in [0.717, 1.165) is 47.2 Å². The standard InChI is InChI=1S/C36H32F2N6O4/c1-36(22-7-5-6-21(16-22)9-12-31(45)46)14-4-2-3-8-23-20-44(43-42-23)35(47)32-25-13-15-39-29(25)18-28(38)33(32)48-24-10-11-27(37)26(17-24)34-40-19-30(36)41-34/h5-7,10-11,13,15-20,39H,2-4,8-9,12,14H2,1H3,(H,40,41)(H,45,46). The summed E-state index contributed by atoms with van der Waals surface area (Å²) in [5.41, 5.74) is 3.16. The van der Waals surface area contributed by atoms with Gasteiger partial charge in [-0.05, 0) is 68.0 Å². The fourth-order valence-electron chi connectivity index (χ4n) is 6.42. The minimum atomic E-state index is -0.863. The summed E-state index contributed by atoms with van der Waals surface area (Å²) in [4.78, 5) is 35.9. The predicted octanol–water partition coefficient (Wildman–Crippen LogP) is 7.35. The van der Waals surface area contributed by atoms with Crippen molar-refractivity contribution in [2.75, 3.05) is 0 Å². The number of carboxylic acid groups (broad SMARTS) is 1. The summed E-state index contributed by atoms with van der Waals surface area (Å²) in [5.74, 6) is -2.81. The van der Waals surface area contributed by atoms with E-state index >= 15 is 8.78 Å². The number of benzene rings is 3. The summed E-state index contributed by atoms with van der Waals surface area (Å²) in [5, 5.41) is 17.9. The molecule has 10 nitrogen and oxygen atoms in total. The third kappa shape index (κ3) is 5.85. The first-order valence-corrected chi connectivity index (χ1v) is 15.8. The van der Waals surface area contributed by atoms with Gasteiger partial charge in [0.2, 0.25) is 0 Å². The predicted molar refractivity (Wildman–Crippen MR) is 173 cm³/mol. The zero-order valence-corrected chi connectivity index (χ0v) is 26.1. The second-order valence-corrected chi connectivity index (χ2v) is 12.3. The van der Waals surface area contributed by atoms with Crippen LogP contribution in [0.5, 0.6) is 11.5 Å². The van der Waals surface area contributed by atoms with E-state index in [1.807, 2.05) is 24.3 Å². The Bertz CT molecular complexity index is 2170. The number of H-pyrrole nitrogens is 2. The normalized spacial score (nSPS) is 16.9. The van der Waals surface area contributed by atoms with Gasteiger partial charge in [-0.25, -0.2) is 13.8 Å². The molecule has 0 aliphatic carbocycles.